The Labute approximate surface area is 96.6 Å². The van der Waals surface area contributed by atoms with Crippen LogP contribution in [-0.2, 0) is 4.74 Å². The summed E-state index contributed by atoms with van der Waals surface area (Å²) in [6, 6.07) is 2.62. The van der Waals surface area contributed by atoms with E-state index in [0.717, 1.165) is 19.3 Å². The third-order valence-electron chi connectivity index (χ3n) is 3.71. The van der Waals surface area contributed by atoms with Gasteiger partial charge >= 0.3 is 0 Å². The van der Waals surface area contributed by atoms with Gasteiger partial charge in [-0.25, -0.2) is 0 Å². The van der Waals surface area contributed by atoms with Crippen molar-refractivity contribution >= 4 is 0 Å². The summed E-state index contributed by atoms with van der Waals surface area (Å²) in [5, 5.41) is 22.5. The minimum absolute atomic E-state index is 0.111. The van der Waals surface area contributed by atoms with Crippen LogP contribution in [0.25, 0.3) is 0 Å². The first-order chi connectivity index (χ1) is 7.73. The van der Waals surface area contributed by atoms with Crippen molar-refractivity contribution in [2.75, 3.05) is 19.8 Å². The highest BCUT2D eigenvalue weighted by molar-refractivity contribution is 4.96. The van der Waals surface area contributed by atoms with E-state index >= 15 is 0 Å². The lowest BCUT2D eigenvalue weighted by atomic mass is 9.85. The predicted molar refractivity (Wildman–Crippen MR) is 59.7 cm³/mol. The van der Waals surface area contributed by atoms with Gasteiger partial charge in [0.05, 0.1) is 18.6 Å². The van der Waals surface area contributed by atoms with E-state index in [1.54, 1.807) is 0 Å². The van der Waals surface area contributed by atoms with Crippen LogP contribution in [-0.4, -0.2) is 36.5 Å². The average Bonchev–Trinajstić information content (AvgIpc) is 2.74. The summed E-state index contributed by atoms with van der Waals surface area (Å²) in [5.74, 6) is 0.111. The molecule has 0 amide bonds. The Kier molecular flexibility index (Phi) is 3.80. The molecule has 90 valence electrons. The highest BCUT2D eigenvalue weighted by atomic mass is 16.5. The van der Waals surface area contributed by atoms with Gasteiger partial charge in [-0.2, -0.15) is 5.26 Å². The first kappa shape index (κ1) is 11.8. The third kappa shape index (κ3) is 2.73. The fraction of sp³-hybridized carbons (Fsp3) is 0.917. The van der Waals surface area contributed by atoms with E-state index in [1.807, 2.05) is 0 Å². The summed E-state index contributed by atoms with van der Waals surface area (Å²) >= 11 is 0. The molecule has 2 rings (SSSR count). The number of ether oxygens (including phenoxy) is 1. The molecular formula is C12H20N2O2. The molecular weight excluding hydrogens is 204 g/mol. The molecule has 1 heterocycles. The van der Waals surface area contributed by atoms with Gasteiger partial charge in [-0.05, 0) is 12.8 Å². The molecule has 0 spiro atoms. The second-order valence-corrected chi connectivity index (χ2v) is 5.03. The van der Waals surface area contributed by atoms with Crippen molar-refractivity contribution in [3.8, 4) is 6.07 Å². The van der Waals surface area contributed by atoms with Crippen LogP contribution in [0.5, 0.6) is 0 Å². The van der Waals surface area contributed by atoms with Crippen molar-refractivity contribution in [2.45, 2.75) is 43.7 Å². The van der Waals surface area contributed by atoms with Gasteiger partial charge in [0.1, 0.15) is 5.60 Å². The maximum atomic E-state index is 10.1. The highest BCUT2D eigenvalue weighted by Gasteiger charge is 2.34. The van der Waals surface area contributed by atoms with E-state index in [0.29, 0.717) is 26.2 Å². The lowest BCUT2D eigenvalue weighted by Gasteiger charge is -2.31. The van der Waals surface area contributed by atoms with Crippen LogP contribution in [0.3, 0.4) is 0 Å². The first-order valence-corrected chi connectivity index (χ1v) is 6.17. The second-order valence-electron chi connectivity index (χ2n) is 5.03. The molecule has 0 aromatic rings. The predicted octanol–water partition coefficient (Wildman–Crippen LogP) is 0.810. The largest absolute Gasteiger partial charge is 0.386 e. The zero-order valence-electron chi connectivity index (χ0n) is 9.61. The summed E-state index contributed by atoms with van der Waals surface area (Å²) in [6.07, 6.45) is 5.08. The van der Waals surface area contributed by atoms with E-state index < -0.39 is 5.60 Å². The molecule has 4 nitrogen and oxygen atoms in total. The van der Waals surface area contributed by atoms with Crippen molar-refractivity contribution < 1.29 is 9.84 Å². The van der Waals surface area contributed by atoms with Crippen LogP contribution >= 0.6 is 0 Å². The molecule has 4 heteroatoms. The fourth-order valence-electron chi connectivity index (χ4n) is 2.59. The standard InChI is InChI=1S/C12H20N2O2/c13-7-10-3-1-2-4-11(10)14-8-12(15)5-6-16-9-12/h10-11,14-15H,1-6,8-9H2. The van der Waals surface area contributed by atoms with Crippen LogP contribution in [0.2, 0.25) is 0 Å². The van der Waals surface area contributed by atoms with Gasteiger partial charge in [-0.1, -0.05) is 12.8 Å². The summed E-state index contributed by atoms with van der Waals surface area (Å²) in [6.45, 7) is 1.62. The lowest BCUT2D eigenvalue weighted by molar-refractivity contribution is 0.0226. The van der Waals surface area contributed by atoms with E-state index in [4.69, 9.17) is 10.00 Å². The van der Waals surface area contributed by atoms with Gasteiger partial charge in [0.2, 0.25) is 0 Å². The van der Waals surface area contributed by atoms with Crippen molar-refractivity contribution in [1.82, 2.24) is 5.32 Å². The minimum atomic E-state index is -0.711. The number of nitrogens with zero attached hydrogens (tertiary/aromatic N) is 1. The smallest absolute Gasteiger partial charge is 0.102 e. The first-order valence-electron chi connectivity index (χ1n) is 6.17. The number of rotatable bonds is 3. The van der Waals surface area contributed by atoms with Crippen molar-refractivity contribution in [3.63, 3.8) is 0 Å². The molecule has 3 unspecified atom stereocenters. The molecule has 0 radical (unpaired) electrons. The molecule has 2 aliphatic rings. The van der Waals surface area contributed by atoms with E-state index in [1.165, 1.54) is 6.42 Å². The van der Waals surface area contributed by atoms with Crippen molar-refractivity contribution in [2.24, 2.45) is 5.92 Å². The van der Waals surface area contributed by atoms with Crippen LogP contribution in [0.4, 0.5) is 0 Å². The summed E-state index contributed by atoms with van der Waals surface area (Å²) < 4.78 is 5.20. The summed E-state index contributed by atoms with van der Waals surface area (Å²) in [5.41, 5.74) is -0.711. The van der Waals surface area contributed by atoms with Gasteiger partial charge in [0.25, 0.3) is 0 Å². The molecule has 0 aromatic heterocycles. The molecule has 2 N–H and O–H groups in total. The van der Waals surface area contributed by atoms with E-state index in [9.17, 15) is 5.11 Å². The Hall–Kier alpha value is -0.630. The molecule has 1 aliphatic heterocycles. The fourth-order valence-corrected chi connectivity index (χ4v) is 2.59. The Morgan fingerprint density at radius 1 is 1.44 bits per heavy atom. The number of aliphatic hydroxyl groups is 1. The third-order valence-corrected chi connectivity index (χ3v) is 3.71. The molecule has 1 saturated carbocycles. The SMILES string of the molecule is N#CC1CCCCC1NCC1(O)CCOC1. The zero-order valence-corrected chi connectivity index (χ0v) is 9.61. The van der Waals surface area contributed by atoms with Crippen molar-refractivity contribution in [1.29, 1.82) is 5.26 Å². The van der Waals surface area contributed by atoms with Crippen LogP contribution in [0, 0.1) is 17.2 Å². The lowest BCUT2D eigenvalue weighted by Crippen LogP contribution is -2.48. The van der Waals surface area contributed by atoms with Crippen LogP contribution in [0.1, 0.15) is 32.1 Å². The molecule has 0 bridgehead atoms. The van der Waals surface area contributed by atoms with Crippen LogP contribution < -0.4 is 5.32 Å². The van der Waals surface area contributed by atoms with Crippen molar-refractivity contribution in [3.05, 3.63) is 0 Å². The average molecular weight is 224 g/mol. The molecule has 3 atom stereocenters. The van der Waals surface area contributed by atoms with E-state index in [-0.39, 0.29) is 12.0 Å². The molecule has 1 saturated heterocycles. The van der Waals surface area contributed by atoms with Gasteiger partial charge < -0.3 is 15.2 Å². The molecule has 16 heavy (non-hydrogen) atoms. The maximum absolute atomic E-state index is 10.1. The Balaban J connectivity index is 1.82. The Bertz CT molecular complexity index is 269. The summed E-state index contributed by atoms with van der Waals surface area (Å²) in [4.78, 5) is 0. The molecule has 1 aliphatic carbocycles. The normalized spacial score (nSPS) is 39.5. The van der Waals surface area contributed by atoms with Crippen LogP contribution in [0.15, 0.2) is 0 Å². The Morgan fingerprint density at radius 3 is 2.94 bits per heavy atom. The number of nitrogens with one attached hydrogen (secondary N) is 1. The number of hydrogen-bond donors (Lipinski definition) is 2. The van der Waals surface area contributed by atoms with Gasteiger partial charge in [-0.3, -0.25) is 0 Å². The molecule has 2 fully saturated rings. The van der Waals surface area contributed by atoms with E-state index in [2.05, 4.69) is 11.4 Å². The number of hydrogen-bond acceptors (Lipinski definition) is 4. The zero-order chi connectivity index (χ0) is 11.4. The summed E-state index contributed by atoms with van der Waals surface area (Å²) in [7, 11) is 0. The highest BCUT2D eigenvalue weighted by Crippen LogP contribution is 2.25. The molecule has 0 aromatic carbocycles. The minimum Gasteiger partial charge on any atom is -0.386 e. The second kappa shape index (κ2) is 5.13. The maximum Gasteiger partial charge on any atom is 0.102 e. The topological polar surface area (TPSA) is 65.3 Å². The van der Waals surface area contributed by atoms with Gasteiger partial charge in [-0.15, -0.1) is 0 Å². The quantitative estimate of drug-likeness (QED) is 0.744. The van der Waals surface area contributed by atoms with Gasteiger partial charge in [0, 0.05) is 25.6 Å². The monoisotopic (exact) mass is 224 g/mol. The number of nitriles is 1. The van der Waals surface area contributed by atoms with Gasteiger partial charge in [0.15, 0.2) is 0 Å². The Morgan fingerprint density at radius 2 is 2.25 bits per heavy atom.